The van der Waals surface area contributed by atoms with Gasteiger partial charge in [0.25, 0.3) is 5.91 Å². The van der Waals surface area contributed by atoms with E-state index in [1.807, 2.05) is 68.7 Å². The molecular formula is C25H28N2O3. The molecule has 0 radical (unpaired) electrons. The second-order valence-electron chi connectivity index (χ2n) is 7.34. The van der Waals surface area contributed by atoms with Crippen LogP contribution in [0.1, 0.15) is 11.1 Å². The molecule has 30 heavy (non-hydrogen) atoms. The van der Waals surface area contributed by atoms with Crippen LogP contribution in [0.2, 0.25) is 0 Å². The highest BCUT2D eigenvalue weighted by Gasteiger charge is 2.10. The molecule has 0 aliphatic heterocycles. The van der Waals surface area contributed by atoms with Crippen molar-refractivity contribution in [3.8, 4) is 22.6 Å². The van der Waals surface area contributed by atoms with Crippen molar-refractivity contribution in [3.63, 3.8) is 0 Å². The van der Waals surface area contributed by atoms with Gasteiger partial charge >= 0.3 is 0 Å². The molecule has 0 spiro atoms. The van der Waals surface area contributed by atoms with Crippen molar-refractivity contribution in [1.29, 1.82) is 0 Å². The zero-order valence-corrected chi connectivity index (χ0v) is 17.7. The van der Waals surface area contributed by atoms with Crippen LogP contribution in [0.25, 0.3) is 11.1 Å². The number of ether oxygens (including phenoxy) is 2. The SMILES string of the molecule is COc1ccc(CNC(=O)COc2ccc(-c3ccccc3)cc2CN(C)C)cc1. The van der Waals surface area contributed by atoms with E-state index >= 15 is 0 Å². The molecule has 3 aromatic rings. The Morgan fingerprint density at radius 3 is 2.33 bits per heavy atom. The number of nitrogens with zero attached hydrogens (tertiary/aromatic N) is 1. The van der Waals surface area contributed by atoms with Gasteiger partial charge in [-0.1, -0.05) is 48.5 Å². The third kappa shape index (κ3) is 6.09. The largest absolute Gasteiger partial charge is 0.497 e. The van der Waals surface area contributed by atoms with Crippen LogP contribution in [0, 0.1) is 0 Å². The summed E-state index contributed by atoms with van der Waals surface area (Å²) in [7, 11) is 5.66. The van der Waals surface area contributed by atoms with Crippen molar-refractivity contribution >= 4 is 5.91 Å². The highest BCUT2D eigenvalue weighted by atomic mass is 16.5. The van der Waals surface area contributed by atoms with Crippen LogP contribution in [0.5, 0.6) is 11.5 Å². The van der Waals surface area contributed by atoms with Crippen LogP contribution in [0.4, 0.5) is 0 Å². The Hall–Kier alpha value is -3.31. The van der Waals surface area contributed by atoms with Gasteiger partial charge in [-0.2, -0.15) is 0 Å². The monoisotopic (exact) mass is 404 g/mol. The van der Waals surface area contributed by atoms with Crippen LogP contribution in [0.15, 0.2) is 72.8 Å². The van der Waals surface area contributed by atoms with Crippen LogP contribution >= 0.6 is 0 Å². The van der Waals surface area contributed by atoms with Gasteiger partial charge in [0.05, 0.1) is 7.11 Å². The van der Waals surface area contributed by atoms with Crippen molar-refractivity contribution in [2.24, 2.45) is 0 Å². The highest BCUT2D eigenvalue weighted by Crippen LogP contribution is 2.27. The van der Waals surface area contributed by atoms with Crippen molar-refractivity contribution in [2.45, 2.75) is 13.1 Å². The van der Waals surface area contributed by atoms with Crippen LogP contribution in [0.3, 0.4) is 0 Å². The predicted molar refractivity (Wildman–Crippen MR) is 120 cm³/mol. The lowest BCUT2D eigenvalue weighted by molar-refractivity contribution is -0.123. The third-order valence-corrected chi connectivity index (χ3v) is 4.66. The molecule has 5 heteroatoms. The highest BCUT2D eigenvalue weighted by molar-refractivity contribution is 5.77. The molecule has 0 saturated heterocycles. The number of hydrogen-bond donors (Lipinski definition) is 1. The second-order valence-corrected chi connectivity index (χ2v) is 7.34. The Balaban J connectivity index is 1.62. The van der Waals surface area contributed by atoms with E-state index in [1.165, 1.54) is 0 Å². The Labute approximate surface area is 178 Å². The average Bonchev–Trinajstić information content (AvgIpc) is 2.77. The molecule has 0 aliphatic carbocycles. The molecule has 0 heterocycles. The van der Waals surface area contributed by atoms with Crippen molar-refractivity contribution < 1.29 is 14.3 Å². The zero-order valence-electron chi connectivity index (χ0n) is 17.7. The first kappa shape index (κ1) is 21.4. The third-order valence-electron chi connectivity index (χ3n) is 4.66. The first-order valence-electron chi connectivity index (χ1n) is 9.90. The molecule has 3 aromatic carbocycles. The summed E-state index contributed by atoms with van der Waals surface area (Å²) in [5, 5.41) is 2.89. The maximum Gasteiger partial charge on any atom is 0.258 e. The van der Waals surface area contributed by atoms with Crippen LogP contribution in [-0.4, -0.2) is 38.6 Å². The number of hydrogen-bond acceptors (Lipinski definition) is 4. The van der Waals surface area contributed by atoms with E-state index in [0.717, 1.165) is 40.3 Å². The molecule has 3 rings (SSSR count). The summed E-state index contributed by atoms with van der Waals surface area (Å²) in [5.41, 5.74) is 4.33. The standard InChI is InChI=1S/C25H28N2O3/c1-27(2)17-22-15-21(20-7-5-4-6-8-20)11-14-24(22)30-18-25(28)26-16-19-9-12-23(29-3)13-10-19/h4-15H,16-18H2,1-3H3,(H,26,28). The number of rotatable bonds is 9. The van der Waals surface area contributed by atoms with Gasteiger partial charge in [0, 0.05) is 18.7 Å². The van der Waals surface area contributed by atoms with Crippen molar-refractivity contribution in [2.75, 3.05) is 27.8 Å². The molecule has 0 unspecified atom stereocenters. The van der Waals surface area contributed by atoms with E-state index in [-0.39, 0.29) is 12.5 Å². The predicted octanol–water partition coefficient (Wildman–Crippen LogP) is 4.12. The van der Waals surface area contributed by atoms with Crippen LogP contribution < -0.4 is 14.8 Å². The Kier molecular flexibility index (Phi) is 7.46. The van der Waals surface area contributed by atoms with E-state index in [1.54, 1.807) is 7.11 Å². The molecular weight excluding hydrogens is 376 g/mol. The fourth-order valence-corrected chi connectivity index (χ4v) is 3.13. The van der Waals surface area contributed by atoms with Crippen molar-refractivity contribution in [3.05, 3.63) is 83.9 Å². The number of nitrogens with one attached hydrogen (secondary N) is 1. The first-order valence-corrected chi connectivity index (χ1v) is 9.90. The normalized spacial score (nSPS) is 10.7. The maximum atomic E-state index is 12.3. The van der Waals surface area contributed by atoms with E-state index in [0.29, 0.717) is 6.54 Å². The topological polar surface area (TPSA) is 50.8 Å². The molecule has 0 aromatic heterocycles. The molecule has 1 N–H and O–H groups in total. The second kappa shape index (κ2) is 10.5. The zero-order chi connectivity index (χ0) is 21.3. The number of carbonyl (C=O) groups excluding carboxylic acids is 1. The molecule has 0 atom stereocenters. The van der Waals surface area contributed by atoms with Gasteiger partial charge in [0.1, 0.15) is 11.5 Å². The quantitative estimate of drug-likeness (QED) is 0.583. The van der Waals surface area contributed by atoms with Crippen LogP contribution in [-0.2, 0) is 17.9 Å². The van der Waals surface area contributed by atoms with Gasteiger partial charge in [-0.05, 0) is 55.1 Å². The minimum atomic E-state index is -0.159. The summed E-state index contributed by atoms with van der Waals surface area (Å²) in [6.07, 6.45) is 0. The lowest BCUT2D eigenvalue weighted by Gasteiger charge is -2.16. The van der Waals surface area contributed by atoms with Gasteiger partial charge in [-0.3, -0.25) is 4.79 Å². The summed E-state index contributed by atoms with van der Waals surface area (Å²) in [5.74, 6) is 1.36. The van der Waals surface area contributed by atoms with Gasteiger partial charge in [-0.15, -0.1) is 0 Å². The molecule has 1 amide bonds. The Bertz CT molecular complexity index is 954. The number of amides is 1. The summed E-state index contributed by atoms with van der Waals surface area (Å²) >= 11 is 0. The molecule has 0 saturated carbocycles. The fraction of sp³-hybridized carbons (Fsp3) is 0.240. The van der Waals surface area contributed by atoms with E-state index in [9.17, 15) is 4.79 Å². The number of benzene rings is 3. The van der Waals surface area contributed by atoms with E-state index < -0.39 is 0 Å². The van der Waals surface area contributed by atoms with E-state index in [2.05, 4.69) is 28.4 Å². The molecule has 156 valence electrons. The lowest BCUT2D eigenvalue weighted by atomic mass is 10.0. The summed E-state index contributed by atoms with van der Waals surface area (Å²) in [6, 6.07) is 23.9. The summed E-state index contributed by atoms with van der Waals surface area (Å²) in [6.45, 7) is 1.15. The Morgan fingerprint density at radius 1 is 0.933 bits per heavy atom. The minimum absolute atomic E-state index is 0.0265. The first-order chi connectivity index (χ1) is 14.5. The maximum absolute atomic E-state index is 12.3. The molecule has 0 bridgehead atoms. The van der Waals surface area contributed by atoms with E-state index in [4.69, 9.17) is 9.47 Å². The molecule has 0 aliphatic rings. The van der Waals surface area contributed by atoms with Gasteiger partial charge in [0.15, 0.2) is 6.61 Å². The van der Waals surface area contributed by atoms with Gasteiger partial charge in [-0.25, -0.2) is 0 Å². The fourth-order valence-electron chi connectivity index (χ4n) is 3.13. The molecule has 5 nitrogen and oxygen atoms in total. The lowest BCUT2D eigenvalue weighted by Crippen LogP contribution is -2.28. The smallest absolute Gasteiger partial charge is 0.258 e. The van der Waals surface area contributed by atoms with Gasteiger partial charge < -0.3 is 19.7 Å². The molecule has 0 fully saturated rings. The Morgan fingerprint density at radius 2 is 1.67 bits per heavy atom. The average molecular weight is 405 g/mol. The number of carbonyl (C=O) groups is 1. The summed E-state index contributed by atoms with van der Waals surface area (Å²) in [4.78, 5) is 14.3. The minimum Gasteiger partial charge on any atom is -0.497 e. The number of methoxy groups -OCH3 is 1. The van der Waals surface area contributed by atoms with Gasteiger partial charge in [0.2, 0.25) is 0 Å². The van der Waals surface area contributed by atoms with Crippen molar-refractivity contribution in [1.82, 2.24) is 10.2 Å². The summed E-state index contributed by atoms with van der Waals surface area (Å²) < 4.78 is 11.0.